The smallest absolute Gasteiger partial charge is 0.235 e. The lowest BCUT2D eigenvalue weighted by atomic mass is 9.82. The highest BCUT2D eigenvalue weighted by molar-refractivity contribution is 6.00. The minimum atomic E-state index is -0.414. The van der Waals surface area contributed by atoms with Crippen LogP contribution in [0.1, 0.15) is 32.3 Å². The number of likely N-dealkylation sites (tertiary alicyclic amines) is 1. The van der Waals surface area contributed by atoms with Gasteiger partial charge in [-0.05, 0) is 12.0 Å². The molecule has 3 heteroatoms. The highest BCUT2D eigenvalue weighted by Crippen LogP contribution is 2.31. The van der Waals surface area contributed by atoms with Crippen LogP contribution in [0, 0.1) is 5.41 Å². The molecule has 1 aliphatic heterocycles. The van der Waals surface area contributed by atoms with Crippen molar-refractivity contribution in [2.75, 3.05) is 0 Å². The van der Waals surface area contributed by atoms with Crippen molar-refractivity contribution in [3.8, 4) is 0 Å². The molecule has 1 aliphatic rings. The fourth-order valence-electron chi connectivity index (χ4n) is 2.07. The van der Waals surface area contributed by atoms with E-state index < -0.39 is 5.41 Å². The minimum Gasteiger partial charge on any atom is -0.278 e. The monoisotopic (exact) mass is 231 g/mol. The molecule has 0 spiro atoms. The van der Waals surface area contributed by atoms with Crippen LogP contribution in [-0.2, 0) is 16.1 Å². The summed E-state index contributed by atoms with van der Waals surface area (Å²) in [5, 5.41) is 0. The Balaban J connectivity index is 2.19. The summed E-state index contributed by atoms with van der Waals surface area (Å²) in [4.78, 5) is 25.4. The number of amides is 2. The summed E-state index contributed by atoms with van der Waals surface area (Å²) in [5.41, 5.74) is 0.579. The van der Waals surface area contributed by atoms with Gasteiger partial charge < -0.3 is 0 Å². The SMILES string of the molecule is CC1(C)CCC(=O)N(Cc2ccccc2)C1=O. The van der Waals surface area contributed by atoms with E-state index in [0.29, 0.717) is 19.4 Å². The van der Waals surface area contributed by atoms with E-state index >= 15 is 0 Å². The summed E-state index contributed by atoms with van der Waals surface area (Å²) in [5.74, 6) is -0.115. The van der Waals surface area contributed by atoms with Gasteiger partial charge in [0.05, 0.1) is 6.54 Å². The van der Waals surface area contributed by atoms with Gasteiger partial charge in [0.15, 0.2) is 0 Å². The van der Waals surface area contributed by atoms with Gasteiger partial charge >= 0.3 is 0 Å². The van der Waals surface area contributed by atoms with Crippen molar-refractivity contribution < 1.29 is 9.59 Å². The van der Waals surface area contributed by atoms with Crippen LogP contribution in [0.25, 0.3) is 0 Å². The number of hydrogen-bond acceptors (Lipinski definition) is 2. The van der Waals surface area contributed by atoms with Crippen molar-refractivity contribution in [1.82, 2.24) is 4.90 Å². The third-order valence-electron chi connectivity index (χ3n) is 3.27. The summed E-state index contributed by atoms with van der Waals surface area (Å²) < 4.78 is 0. The Morgan fingerprint density at radius 2 is 1.82 bits per heavy atom. The Bertz CT molecular complexity index is 437. The van der Waals surface area contributed by atoms with E-state index in [9.17, 15) is 9.59 Å². The van der Waals surface area contributed by atoms with Crippen molar-refractivity contribution >= 4 is 11.8 Å². The van der Waals surface area contributed by atoms with Gasteiger partial charge in [0.1, 0.15) is 0 Å². The molecule has 1 saturated heterocycles. The number of nitrogens with zero attached hydrogens (tertiary/aromatic N) is 1. The van der Waals surface area contributed by atoms with Crippen LogP contribution >= 0.6 is 0 Å². The first kappa shape index (κ1) is 11.8. The van der Waals surface area contributed by atoms with Gasteiger partial charge in [-0.25, -0.2) is 0 Å². The Morgan fingerprint density at radius 1 is 1.18 bits per heavy atom. The highest BCUT2D eigenvalue weighted by Gasteiger charge is 2.39. The Morgan fingerprint density at radius 3 is 2.47 bits per heavy atom. The maximum absolute atomic E-state index is 12.2. The van der Waals surface area contributed by atoms with Gasteiger partial charge in [-0.2, -0.15) is 0 Å². The highest BCUT2D eigenvalue weighted by atomic mass is 16.2. The van der Waals surface area contributed by atoms with Crippen LogP contribution < -0.4 is 0 Å². The van der Waals surface area contributed by atoms with Crippen molar-refractivity contribution in [2.45, 2.75) is 33.2 Å². The van der Waals surface area contributed by atoms with Crippen LogP contribution in [0.2, 0.25) is 0 Å². The summed E-state index contributed by atoms with van der Waals surface area (Å²) in [7, 11) is 0. The molecule has 0 aromatic heterocycles. The number of carbonyl (C=O) groups is 2. The zero-order valence-electron chi connectivity index (χ0n) is 10.3. The standard InChI is InChI=1S/C14H17NO2/c1-14(2)9-8-12(16)15(13(14)17)10-11-6-4-3-5-7-11/h3-7H,8-10H2,1-2H3. The summed E-state index contributed by atoms with van der Waals surface area (Å²) >= 11 is 0. The van der Waals surface area contributed by atoms with Gasteiger partial charge in [0.25, 0.3) is 0 Å². The Kier molecular flexibility index (Phi) is 3.01. The average molecular weight is 231 g/mol. The van der Waals surface area contributed by atoms with E-state index in [2.05, 4.69) is 0 Å². The largest absolute Gasteiger partial charge is 0.278 e. The van der Waals surface area contributed by atoms with Gasteiger partial charge in [-0.15, -0.1) is 0 Å². The first-order valence-corrected chi connectivity index (χ1v) is 5.89. The first-order chi connectivity index (χ1) is 8.00. The normalized spacial score (nSPS) is 19.5. The Labute approximate surface area is 101 Å². The van der Waals surface area contributed by atoms with Gasteiger partial charge in [0, 0.05) is 11.8 Å². The molecule has 90 valence electrons. The van der Waals surface area contributed by atoms with Gasteiger partial charge in [-0.3, -0.25) is 14.5 Å². The van der Waals surface area contributed by atoms with E-state index in [1.165, 1.54) is 4.90 Å². The van der Waals surface area contributed by atoms with Gasteiger partial charge in [-0.1, -0.05) is 44.2 Å². The van der Waals surface area contributed by atoms with Gasteiger partial charge in [0.2, 0.25) is 11.8 Å². The number of hydrogen-bond donors (Lipinski definition) is 0. The molecule has 1 fully saturated rings. The molecule has 0 N–H and O–H groups in total. The second kappa shape index (κ2) is 4.32. The van der Waals surface area contributed by atoms with Crippen LogP contribution in [0.15, 0.2) is 30.3 Å². The topological polar surface area (TPSA) is 37.4 Å². The molecule has 1 heterocycles. The van der Waals surface area contributed by atoms with E-state index in [1.54, 1.807) is 0 Å². The van der Waals surface area contributed by atoms with Crippen LogP contribution in [-0.4, -0.2) is 16.7 Å². The fourth-order valence-corrected chi connectivity index (χ4v) is 2.07. The number of carbonyl (C=O) groups excluding carboxylic acids is 2. The van der Waals surface area contributed by atoms with Crippen molar-refractivity contribution in [3.63, 3.8) is 0 Å². The average Bonchev–Trinajstić information content (AvgIpc) is 2.32. The minimum absolute atomic E-state index is 0.0572. The second-order valence-electron chi connectivity index (χ2n) is 5.15. The van der Waals surface area contributed by atoms with E-state index in [4.69, 9.17) is 0 Å². The number of benzene rings is 1. The molecule has 2 amide bonds. The molecular formula is C14H17NO2. The lowest BCUT2D eigenvalue weighted by Crippen LogP contribution is -2.48. The van der Waals surface area contributed by atoms with Crippen LogP contribution in [0.4, 0.5) is 0 Å². The summed E-state index contributed by atoms with van der Waals surface area (Å²) in [6.07, 6.45) is 1.11. The Hall–Kier alpha value is -1.64. The molecule has 17 heavy (non-hydrogen) atoms. The molecule has 0 bridgehead atoms. The summed E-state index contributed by atoms with van der Waals surface area (Å²) in [6, 6.07) is 9.62. The van der Waals surface area contributed by atoms with E-state index in [-0.39, 0.29) is 11.8 Å². The fraction of sp³-hybridized carbons (Fsp3) is 0.429. The van der Waals surface area contributed by atoms with Crippen LogP contribution in [0.3, 0.4) is 0 Å². The number of rotatable bonds is 2. The maximum Gasteiger partial charge on any atom is 0.235 e. The van der Waals surface area contributed by atoms with Crippen molar-refractivity contribution in [3.05, 3.63) is 35.9 Å². The predicted octanol–water partition coefficient (Wildman–Crippen LogP) is 2.36. The number of piperidine rings is 1. The quantitative estimate of drug-likeness (QED) is 0.733. The lowest BCUT2D eigenvalue weighted by molar-refractivity contribution is -0.156. The third-order valence-corrected chi connectivity index (χ3v) is 3.27. The van der Waals surface area contributed by atoms with Crippen molar-refractivity contribution in [2.24, 2.45) is 5.41 Å². The molecule has 0 saturated carbocycles. The molecule has 0 aliphatic carbocycles. The van der Waals surface area contributed by atoms with E-state index in [0.717, 1.165) is 5.56 Å². The third kappa shape index (κ3) is 2.38. The molecule has 2 rings (SSSR count). The van der Waals surface area contributed by atoms with Crippen LogP contribution in [0.5, 0.6) is 0 Å². The van der Waals surface area contributed by atoms with Crippen molar-refractivity contribution in [1.29, 1.82) is 0 Å². The maximum atomic E-state index is 12.2. The molecular weight excluding hydrogens is 214 g/mol. The molecule has 1 aromatic carbocycles. The molecule has 3 nitrogen and oxygen atoms in total. The molecule has 0 radical (unpaired) electrons. The number of imide groups is 1. The zero-order valence-corrected chi connectivity index (χ0v) is 10.3. The summed E-state index contributed by atoms with van der Waals surface area (Å²) in [6.45, 7) is 4.20. The van der Waals surface area contributed by atoms with E-state index in [1.807, 2.05) is 44.2 Å². The second-order valence-corrected chi connectivity index (χ2v) is 5.15. The predicted molar refractivity (Wildman–Crippen MR) is 65.0 cm³/mol. The molecule has 0 unspecified atom stereocenters. The molecule has 1 aromatic rings. The lowest BCUT2D eigenvalue weighted by Gasteiger charge is -2.35. The first-order valence-electron chi connectivity index (χ1n) is 5.89. The zero-order chi connectivity index (χ0) is 12.5. The molecule has 0 atom stereocenters.